The smallest absolute Gasteiger partial charge is 0.124 e. The molecule has 2 rings (SSSR count). The van der Waals surface area contributed by atoms with Crippen molar-refractivity contribution in [1.82, 2.24) is 0 Å². The van der Waals surface area contributed by atoms with Gasteiger partial charge in [0.05, 0.1) is 7.11 Å². The van der Waals surface area contributed by atoms with E-state index in [-0.39, 0.29) is 0 Å². The molecule has 21 heavy (non-hydrogen) atoms. The van der Waals surface area contributed by atoms with Crippen molar-refractivity contribution in [3.05, 3.63) is 65.2 Å². The molecule has 0 saturated heterocycles. The van der Waals surface area contributed by atoms with Crippen LogP contribution in [-0.2, 0) is 6.54 Å². The largest absolute Gasteiger partial charge is 0.497 e. The van der Waals surface area contributed by atoms with Gasteiger partial charge in [0.2, 0.25) is 0 Å². The molecule has 0 spiro atoms. The summed E-state index contributed by atoms with van der Waals surface area (Å²) in [4.78, 5) is 0. The van der Waals surface area contributed by atoms with Gasteiger partial charge < -0.3 is 14.8 Å². The highest BCUT2D eigenvalue weighted by Gasteiger charge is 2.04. The molecule has 1 N–H and O–H groups in total. The van der Waals surface area contributed by atoms with E-state index in [9.17, 15) is 0 Å². The lowest BCUT2D eigenvalue weighted by Crippen LogP contribution is -2.03. The Morgan fingerprint density at radius 1 is 1.19 bits per heavy atom. The van der Waals surface area contributed by atoms with Crippen molar-refractivity contribution >= 4 is 21.6 Å². The van der Waals surface area contributed by atoms with Crippen molar-refractivity contribution < 1.29 is 9.47 Å². The molecule has 110 valence electrons. The summed E-state index contributed by atoms with van der Waals surface area (Å²) in [7, 11) is 1.66. The summed E-state index contributed by atoms with van der Waals surface area (Å²) in [5, 5.41) is 3.37. The first kappa shape index (κ1) is 15.4. The summed E-state index contributed by atoms with van der Waals surface area (Å²) in [6.07, 6.45) is 1.74. The molecule has 0 aromatic heterocycles. The molecule has 0 heterocycles. The van der Waals surface area contributed by atoms with Crippen LogP contribution in [-0.4, -0.2) is 13.7 Å². The average molecular weight is 348 g/mol. The Balaban J connectivity index is 2.06. The first-order valence-electron chi connectivity index (χ1n) is 6.63. The maximum absolute atomic E-state index is 5.67. The highest BCUT2D eigenvalue weighted by molar-refractivity contribution is 9.10. The highest BCUT2D eigenvalue weighted by atomic mass is 79.9. The Morgan fingerprint density at radius 3 is 2.62 bits per heavy atom. The average Bonchev–Trinajstić information content (AvgIpc) is 2.52. The van der Waals surface area contributed by atoms with Crippen LogP contribution in [0.5, 0.6) is 11.5 Å². The van der Waals surface area contributed by atoms with Crippen LogP contribution in [0.2, 0.25) is 0 Å². The van der Waals surface area contributed by atoms with E-state index in [1.54, 1.807) is 13.2 Å². The van der Waals surface area contributed by atoms with Crippen LogP contribution in [0, 0.1) is 0 Å². The minimum absolute atomic E-state index is 0.497. The molecule has 0 amide bonds. The highest BCUT2D eigenvalue weighted by Crippen LogP contribution is 2.25. The molecule has 4 heteroatoms. The molecule has 0 aliphatic carbocycles. The van der Waals surface area contributed by atoms with Gasteiger partial charge in [0.1, 0.15) is 18.1 Å². The van der Waals surface area contributed by atoms with Crippen LogP contribution in [0.15, 0.2) is 59.6 Å². The Hall–Kier alpha value is -1.94. The summed E-state index contributed by atoms with van der Waals surface area (Å²) in [6.45, 7) is 4.85. The Bertz CT molecular complexity index is 596. The minimum atomic E-state index is 0.497. The van der Waals surface area contributed by atoms with Crippen LogP contribution in [0.3, 0.4) is 0 Å². The summed E-state index contributed by atoms with van der Waals surface area (Å²) in [5.74, 6) is 1.71. The van der Waals surface area contributed by atoms with Gasteiger partial charge in [-0.1, -0.05) is 28.6 Å². The molecule has 0 aliphatic rings. The van der Waals surface area contributed by atoms with Gasteiger partial charge in [-0.2, -0.15) is 0 Å². The molecular weight excluding hydrogens is 330 g/mol. The van der Waals surface area contributed by atoms with E-state index in [0.717, 1.165) is 27.2 Å². The summed E-state index contributed by atoms with van der Waals surface area (Å²) >= 11 is 3.49. The number of hydrogen-bond acceptors (Lipinski definition) is 3. The van der Waals surface area contributed by atoms with Gasteiger partial charge in [-0.15, -0.1) is 0 Å². The van der Waals surface area contributed by atoms with Crippen LogP contribution in [0.25, 0.3) is 0 Å². The van der Waals surface area contributed by atoms with E-state index in [4.69, 9.17) is 9.47 Å². The van der Waals surface area contributed by atoms with Crippen molar-refractivity contribution in [2.45, 2.75) is 6.54 Å². The molecular formula is C17H18BrNO2. The van der Waals surface area contributed by atoms with Crippen molar-refractivity contribution in [1.29, 1.82) is 0 Å². The van der Waals surface area contributed by atoms with E-state index in [2.05, 4.69) is 33.9 Å². The minimum Gasteiger partial charge on any atom is -0.497 e. The number of methoxy groups -OCH3 is 1. The maximum atomic E-state index is 5.67. The van der Waals surface area contributed by atoms with Crippen molar-refractivity contribution in [3.8, 4) is 11.5 Å². The van der Waals surface area contributed by atoms with Crippen LogP contribution in [0.4, 0.5) is 5.69 Å². The van der Waals surface area contributed by atoms with Gasteiger partial charge in [-0.3, -0.25) is 0 Å². The fraction of sp³-hybridized carbons (Fsp3) is 0.176. The van der Waals surface area contributed by atoms with Crippen LogP contribution in [0.1, 0.15) is 5.56 Å². The number of rotatable bonds is 7. The van der Waals surface area contributed by atoms with Gasteiger partial charge in [0.25, 0.3) is 0 Å². The van der Waals surface area contributed by atoms with E-state index < -0.39 is 0 Å². The fourth-order valence-electron chi connectivity index (χ4n) is 1.88. The van der Waals surface area contributed by atoms with Crippen molar-refractivity contribution in [2.75, 3.05) is 19.0 Å². The van der Waals surface area contributed by atoms with Crippen molar-refractivity contribution in [2.24, 2.45) is 0 Å². The van der Waals surface area contributed by atoms with E-state index in [0.29, 0.717) is 13.2 Å². The molecule has 2 aromatic carbocycles. The van der Waals surface area contributed by atoms with Gasteiger partial charge in [-0.25, -0.2) is 0 Å². The third-order valence-electron chi connectivity index (χ3n) is 2.95. The predicted molar refractivity (Wildman–Crippen MR) is 90.2 cm³/mol. The number of ether oxygens (including phenoxy) is 2. The Morgan fingerprint density at radius 2 is 1.95 bits per heavy atom. The monoisotopic (exact) mass is 347 g/mol. The predicted octanol–water partition coefficient (Wildman–Crippen LogP) is 4.63. The fourth-order valence-corrected chi connectivity index (χ4v) is 2.29. The number of nitrogens with one attached hydrogen (secondary N) is 1. The molecule has 2 aromatic rings. The number of hydrogen-bond donors (Lipinski definition) is 1. The van der Waals surface area contributed by atoms with Crippen LogP contribution >= 0.6 is 15.9 Å². The molecule has 3 nitrogen and oxygen atoms in total. The SMILES string of the molecule is C=CCOc1ccc(Br)cc1CNc1ccc(OC)cc1. The second-order valence-electron chi connectivity index (χ2n) is 4.43. The molecule has 0 atom stereocenters. The lowest BCUT2D eigenvalue weighted by Gasteiger charge is -2.13. The summed E-state index contributed by atoms with van der Waals surface area (Å²) < 4.78 is 11.8. The molecule has 0 fully saturated rings. The molecule has 0 saturated carbocycles. The maximum Gasteiger partial charge on any atom is 0.124 e. The lowest BCUT2D eigenvalue weighted by molar-refractivity contribution is 0.359. The second kappa shape index (κ2) is 7.74. The Kier molecular flexibility index (Phi) is 5.69. The lowest BCUT2D eigenvalue weighted by atomic mass is 10.2. The summed E-state index contributed by atoms with van der Waals surface area (Å²) in [6, 6.07) is 13.8. The first-order chi connectivity index (χ1) is 10.2. The topological polar surface area (TPSA) is 30.5 Å². The van der Waals surface area contributed by atoms with E-state index in [1.807, 2.05) is 36.4 Å². The normalized spacial score (nSPS) is 10.0. The zero-order valence-electron chi connectivity index (χ0n) is 11.9. The van der Waals surface area contributed by atoms with Crippen LogP contribution < -0.4 is 14.8 Å². The number of anilines is 1. The quantitative estimate of drug-likeness (QED) is 0.740. The van der Waals surface area contributed by atoms with Gasteiger partial charge >= 0.3 is 0 Å². The molecule has 0 unspecified atom stereocenters. The molecule has 0 radical (unpaired) electrons. The zero-order chi connectivity index (χ0) is 15.1. The molecule has 0 bridgehead atoms. The second-order valence-corrected chi connectivity index (χ2v) is 5.35. The zero-order valence-corrected chi connectivity index (χ0v) is 13.5. The number of halogens is 1. The third-order valence-corrected chi connectivity index (χ3v) is 3.45. The van der Waals surface area contributed by atoms with E-state index >= 15 is 0 Å². The van der Waals surface area contributed by atoms with Crippen molar-refractivity contribution in [3.63, 3.8) is 0 Å². The van der Waals surface area contributed by atoms with Gasteiger partial charge in [-0.05, 0) is 42.5 Å². The first-order valence-corrected chi connectivity index (χ1v) is 7.42. The molecule has 0 aliphatic heterocycles. The summed E-state index contributed by atoms with van der Waals surface area (Å²) in [5.41, 5.74) is 2.12. The number of benzene rings is 2. The Labute approximate surface area is 133 Å². The van der Waals surface area contributed by atoms with Gasteiger partial charge in [0.15, 0.2) is 0 Å². The van der Waals surface area contributed by atoms with E-state index in [1.165, 1.54) is 0 Å². The third kappa shape index (κ3) is 4.53. The standard InChI is InChI=1S/C17H18BrNO2/c1-3-10-21-17-9-4-14(18)11-13(17)12-19-15-5-7-16(20-2)8-6-15/h3-9,11,19H,1,10,12H2,2H3. The van der Waals surface area contributed by atoms with Gasteiger partial charge in [0, 0.05) is 22.3 Å².